The summed E-state index contributed by atoms with van der Waals surface area (Å²) in [5.74, 6) is 1.00. The van der Waals surface area contributed by atoms with E-state index in [2.05, 4.69) is 150 Å². The van der Waals surface area contributed by atoms with Crippen molar-refractivity contribution in [1.82, 2.24) is 9.55 Å². The highest BCUT2D eigenvalue weighted by Crippen LogP contribution is 2.45. The zero-order chi connectivity index (χ0) is 31.2. The van der Waals surface area contributed by atoms with Crippen molar-refractivity contribution in [2.75, 3.05) is 0 Å². The molecule has 0 fully saturated rings. The molecule has 0 bridgehead atoms. The molecule has 0 N–H and O–H groups in total. The van der Waals surface area contributed by atoms with E-state index in [0.29, 0.717) is 0 Å². The first-order chi connectivity index (χ1) is 23.3. The molecular weight excluding hydrogens is 569 g/mol. The molecule has 0 amide bonds. The Morgan fingerprint density at radius 2 is 1.32 bits per heavy atom. The van der Waals surface area contributed by atoms with Crippen LogP contribution in [0.1, 0.15) is 55.2 Å². The molecule has 0 unspecified atom stereocenters. The molecule has 0 spiro atoms. The second kappa shape index (κ2) is 11.7. The minimum Gasteiger partial charge on any atom is -0.296 e. The first-order valence-corrected chi connectivity index (χ1v) is 17.0. The molecule has 1 heterocycles. The number of aromatic nitrogens is 2. The number of allylic oxidation sites excluding steroid dienone is 12. The van der Waals surface area contributed by atoms with Gasteiger partial charge in [0.25, 0.3) is 0 Å². The Kier molecular flexibility index (Phi) is 6.93. The summed E-state index contributed by atoms with van der Waals surface area (Å²) in [7, 11) is 0. The van der Waals surface area contributed by atoms with Gasteiger partial charge in [-0.15, -0.1) is 0 Å². The van der Waals surface area contributed by atoms with E-state index < -0.39 is 0 Å². The fraction of sp³-hybridized carbons (Fsp3) is 0.133. The maximum Gasteiger partial charge on any atom is 0.145 e. The summed E-state index contributed by atoms with van der Waals surface area (Å²) in [5, 5.41) is 5.40. The van der Waals surface area contributed by atoms with Gasteiger partial charge in [-0.2, -0.15) is 0 Å². The second-order valence-electron chi connectivity index (χ2n) is 12.8. The Balaban J connectivity index is 1.27. The van der Waals surface area contributed by atoms with Crippen LogP contribution in [-0.2, 0) is 0 Å². The van der Waals surface area contributed by atoms with E-state index in [4.69, 9.17) is 4.98 Å². The molecule has 47 heavy (non-hydrogen) atoms. The van der Waals surface area contributed by atoms with E-state index in [1.54, 1.807) is 0 Å². The maximum absolute atomic E-state index is 5.11. The van der Waals surface area contributed by atoms with Crippen molar-refractivity contribution >= 4 is 55.0 Å². The Bertz CT molecular complexity index is 2390. The summed E-state index contributed by atoms with van der Waals surface area (Å²) in [6, 6.07) is 35.4. The summed E-state index contributed by atoms with van der Waals surface area (Å²) in [6.07, 6.45) is 24.9. The van der Waals surface area contributed by atoms with Crippen LogP contribution in [0.15, 0.2) is 146 Å². The Morgan fingerprint density at radius 1 is 0.553 bits per heavy atom. The molecule has 5 aromatic carbocycles. The minimum atomic E-state index is 0.938. The van der Waals surface area contributed by atoms with E-state index in [1.807, 2.05) is 0 Å². The van der Waals surface area contributed by atoms with Crippen LogP contribution in [0.5, 0.6) is 0 Å². The summed E-state index contributed by atoms with van der Waals surface area (Å²) in [6.45, 7) is 0. The molecule has 0 atom stereocenters. The van der Waals surface area contributed by atoms with Gasteiger partial charge in [0.05, 0.1) is 11.0 Å². The molecular formula is C45H36N2. The lowest BCUT2D eigenvalue weighted by Crippen LogP contribution is -2.04. The lowest BCUT2D eigenvalue weighted by molar-refractivity contribution is 0.972. The summed E-state index contributed by atoms with van der Waals surface area (Å²) < 4.78 is 2.38. The molecule has 2 nitrogen and oxygen atoms in total. The van der Waals surface area contributed by atoms with Crippen LogP contribution in [-0.4, -0.2) is 9.55 Å². The van der Waals surface area contributed by atoms with Gasteiger partial charge in [-0.1, -0.05) is 121 Å². The minimum absolute atomic E-state index is 0.938. The van der Waals surface area contributed by atoms with Gasteiger partial charge in [0.2, 0.25) is 0 Å². The quantitative estimate of drug-likeness (QED) is 0.179. The lowest BCUT2D eigenvalue weighted by atomic mass is 9.81. The molecule has 3 aliphatic rings. The second-order valence-corrected chi connectivity index (χ2v) is 12.8. The van der Waals surface area contributed by atoms with Crippen molar-refractivity contribution in [3.05, 3.63) is 162 Å². The van der Waals surface area contributed by atoms with Crippen molar-refractivity contribution < 1.29 is 0 Å². The first-order valence-electron chi connectivity index (χ1n) is 17.0. The number of hydrogen-bond donors (Lipinski definition) is 0. The zero-order valence-corrected chi connectivity index (χ0v) is 26.5. The number of fused-ring (bicyclic) bond motifs is 3. The van der Waals surface area contributed by atoms with Gasteiger partial charge in [0.1, 0.15) is 5.82 Å². The van der Waals surface area contributed by atoms with Crippen LogP contribution >= 0.6 is 0 Å². The standard InChI is InChI=1S/C45H36N2/c1-4-14-31(15-5-1)35-26-29-39-40(30-35)44(38-21-11-10-20-37(38)43(39)32-16-6-2-7-17-32)33-24-27-36(28-25-33)47-42-23-13-12-22-41(42)46-45(47)34-18-8-3-9-19-34/h2-4,6,8-16,18-24,26-27,29-30H,1,5,7,17,25,28H2. The largest absolute Gasteiger partial charge is 0.296 e. The van der Waals surface area contributed by atoms with Gasteiger partial charge in [-0.25, -0.2) is 4.98 Å². The Morgan fingerprint density at radius 3 is 2.09 bits per heavy atom. The molecule has 6 aromatic rings. The maximum atomic E-state index is 5.11. The molecule has 0 radical (unpaired) electrons. The highest BCUT2D eigenvalue weighted by atomic mass is 15.1. The Hall–Kier alpha value is -5.47. The van der Waals surface area contributed by atoms with Crippen LogP contribution < -0.4 is 0 Å². The van der Waals surface area contributed by atoms with Crippen LogP contribution in [0.3, 0.4) is 0 Å². The fourth-order valence-electron chi connectivity index (χ4n) is 7.81. The number of nitrogens with zero attached hydrogens (tertiary/aromatic N) is 2. The third-order valence-electron chi connectivity index (χ3n) is 10.0. The number of rotatable bonds is 5. The molecule has 9 rings (SSSR count). The van der Waals surface area contributed by atoms with Crippen LogP contribution in [0, 0.1) is 0 Å². The van der Waals surface area contributed by atoms with Crippen molar-refractivity contribution in [1.29, 1.82) is 0 Å². The normalized spacial score (nSPS) is 16.3. The van der Waals surface area contributed by atoms with Gasteiger partial charge in [-0.3, -0.25) is 4.57 Å². The summed E-state index contributed by atoms with van der Waals surface area (Å²) in [5.41, 5.74) is 12.8. The number of para-hydroxylation sites is 2. The van der Waals surface area contributed by atoms with E-state index in [0.717, 1.165) is 60.9 Å². The average Bonchev–Trinajstić information content (AvgIpc) is 3.54. The molecule has 226 valence electrons. The fourth-order valence-corrected chi connectivity index (χ4v) is 7.81. The van der Waals surface area contributed by atoms with Crippen LogP contribution in [0.2, 0.25) is 0 Å². The number of imidazole rings is 1. The number of benzene rings is 5. The smallest absolute Gasteiger partial charge is 0.145 e. The predicted octanol–water partition coefficient (Wildman–Crippen LogP) is 12.2. The average molecular weight is 605 g/mol. The third kappa shape index (κ3) is 4.84. The SMILES string of the molecule is C1=CCCC(c2c3ccccc3c(C3=CC=C(n4c(-c5ccccc5)nc5ccccc54)CC3)c3cc(C4=CCCC=C4)ccc23)=C1. The summed E-state index contributed by atoms with van der Waals surface area (Å²) in [4.78, 5) is 5.11. The topological polar surface area (TPSA) is 17.8 Å². The molecule has 0 aliphatic heterocycles. The molecule has 0 saturated heterocycles. The van der Waals surface area contributed by atoms with Crippen molar-refractivity contribution in [2.45, 2.75) is 38.5 Å². The van der Waals surface area contributed by atoms with E-state index in [9.17, 15) is 0 Å². The van der Waals surface area contributed by atoms with Gasteiger partial charge in [-0.05, 0) is 118 Å². The van der Waals surface area contributed by atoms with Crippen LogP contribution in [0.25, 0.3) is 66.4 Å². The van der Waals surface area contributed by atoms with Crippen molar-refractivity contribution in [3.8, 4) is 11.4 Å². The summed E-state index contributed by atoms with van der Waals surface area (Å²) >= 11 is 0. The number of hydrogen-bond acceptors (Lipinski definition) is 1. The molecule has 1 aromatic heterocycles. The van der Waals surface area contributed by atoms with Gasteiger partial charge < -0.3 is 0 Å². The van der Waals surface area contributed by atoms with Gasteiger partial charge in [0, 0.05) is 11.3 Å². The zero-order valence-electron chi connectivity index (χ0n) is 26.5. The Labute approximate surface area is 276 Å². The van der Waals surface area contributed by atoms with E-state index in [1.165, 1.54) is 60.7 Å². The monoisotopic (exact) mass is 604 g/mol. The van der Waals surface area contributed by atoms with Crippen LogP contribution in [0.4, 0.5) is 0 Å². The predicted molar refractivity (Wildman–Crippen MR) is 201 cm³/mol. The molecule has 0 saturated carbocycles. The third-order valence-corrected chi connectivity index (χ3v) is 10.0. The van der Waals surface area contributed by atoms with Gasteiger partial charge >= 0.3 is 0 Å². The highest BCUT2D eigenvalue weighted by molar-refractivity contribution is 6.17. The van der Waals surface area contributed by atoms with E-state index >= 15 is 0 Å². The highest BCUT2D eigenvalue weighted by Gasteiger charge is 2.23. The van der Waals surface area contributed by atoms with Crippen molar-refractivity contribution in [3.63, 3.8) is 0 Å². The molecule has 2 heteroatoms. The lowest BCUT2D eigenvalue weighted by Gasteiger charge is -2.24. The van der Waals surface area contributed by atoms with Crippen molar-refractivity contribution in [2.24, 2.45) is 0 Å². The van der Waals surface area contributed by atoms with Gasteiger partial charge in [0.15, 0.2) is 0 Å². The first kappa shape index (κ1) is 27.8. The molecule has 3 aliphatic carbocycles. The van der Waals surface area contributed by atoms with E-state index in [-0.39, 0.29) is 0 Å².